The number of rotatable bonds is 7. The number of aryl methyl sites for hydroxylation is 1. The van der Waals surface area contributed by atoms with E-state index in [4.69, 9.17) is 16.3 Å². The van der Waals surface area contributed by atoms with Crippen LogP contribution in [0.1, 0.15) is 33.2 Å². The fourth-order valence-electron chi connectivity index (χ4n) is 2.88. The summed E-state index contributed by atoms with van der Waals surface area (Å²) in [5.74, 6) is -0.870. The molecular weight excluding hydrogens is 452 g/mol. The average molecular weight is 473 g/mol. The van der Waals surface area contributed by atoms with Gasteiger partial charge in [0.1, 0.15) is 0 Å². The first-order valence-corrected chi connectivity index (χ1v) is 11.5. The van der Waals surface area contributed by atoms with Gasteiger partial charge in [0.05, 0.1) is 27.8 Å². The normalized spacial score (nSPS) is 11.0. The lowest BCUT2D eigenvalue weighted by Crippen LogP contribution is -2.15. The molecule has 0 heterocycles. The van der Waals surface area contributed by atoms with Gasteiger partial charge in [0, 0.05) is 11.3 Å². The second-order valence-electron chi connectivity index (χ2n) is 6.82. The number of benzene rings is 3. The van der Waals surface area contributed by atoms with Crippen LogP contribution in [0.3, 0.4) is 0 Å². The molecule has 9 heteroatoms. The van der Waals surface area contributed by atoms with E-state index < -0.39 is 21.9 Å². The zero-order chi connectivity index (χ0) is 23.3. The molecule has 1 amide bonds. The van der Waals surface area contributed by atoms with Crippen LogP contribution in [0.4, 0.5) is 11.4 Å². The second kappa shape index (κ2) is 9.84. The molecule has 0 fully saturated rings. The number of anilines is 2. The summed E-state index contributed by atoms with van der Waals surface area (Å²) >= 11 is 6.23. The molecule has 166 valence electrons. The molecule has 0 radical (unpaired) electrons. The minimum Gasteiger partial charge on any atom is -0.462 e. The summed E-state index contributed by atoms with van der Waals surface area (Å²) in [6, 6.07) is 17.0. The van der Waals surface area contributed by atoms with Crippen LogP contribution < -0.4 is 10.0 Å². The molecule has 3 aromatic rings. The lowest BCUT2D eigenvalue weighted by molar-refractivity contribution is 0.0526. The molecule has 0 saturated carbocycles. The Labute approximate surface area is 191 Å². The van der Waals surface area contributed by atoms with E-state index in [-0.39, 0.29) is 27.8 Å². The number of carbonyl (C=O) groups is 2. The van der Waals surface area contributed by atoms with Gasteiger partial charge in [-0.1, -0.05) is 29.8 Å². The van der Waals surface area contributed by atoms with Crippen molar-refractivity contribution in [2.24, 2.45) is 0 Å². The molecule has 0 unspecified atom stereocenters. The number of esters is 1. The predicted molar refractivity (Wildman–Crippen MR) is 124 cm³/mol. The number of sulfonamides is 1. The van der Waals surface area contributed by atoms with E-state index in [1.165, 1.54) is 30.3 Å². The quantitative estimate of drug-likeness (QED) is 0.477. The highest BCUT2D eigenvalue weighted by Gasteiger charge is 2.17. The molecule has 3 aromatic carbocycles. The minimum atomic E-state index is -3.81. The van der Waals surface area contributed by atoms with Crippen molar-refractivity contribution in [3.8, 4) is 0 Å². The van der Waals surface area contributed by atoms with Crippen LogP contribution in [0.2, 0.25) is 5.02 Å². The molecule has 0 aliphatic heterocycles. The van der Waals surface area contributed by atoms with Gasteiger partial charge < -0.3 is 10.1 Å². The molecule has 0 aliphatic rings. The Bertz CT molecular complexity index is 1260. The standard InChI is InChI=1S/C23H21ClN2O5S/c1-3-31-23(28)17-10-11-20(15(2)13-17)25-22(27)16-9-12-21(19(24)14-16)26-32(29,30)18-7-5-4-6-8-18/h4-14,26H,3H2,1-2H3,(H,25,27). The molecule has 3 rings (SSSR count). The van der Waals surface area contributed by atoms with E-state index in [2.05, 4.69) is 10.0 Å². The van der Waals surface area contributed by atoms with Gasteiger partial charge in [-0.15, -0.1) is 0 Å². The largest absolute Gasteiger partial charge is 0.462 e. The highest BCUT2D eigenvalue weighted by molar-refractivity contribution is 7.92. The fraction of sp³-hybridized carbons (Fsp3) is 0.130. The van der Waals surface area contributed by atoms with E-state index >= 15 is 0 Å². The molecule has 32 heavy (non-hydrogen) atoms. The van der Waals surface area contributed by atoms with Crippen LogP contribution in [-0.4, -0.2) is 26.9 Å². The topological polar surface area (TPSA) is 102 Å². The molecular formula is C23H21ClN2O5S. The maximum Gasteiger partial charge on any atom is 0.338 e. The van der Waals surface area contributed by atoms with Gasteiger partial charge in [0.15, 0.2) is 0 Å². The number of nitrogens with one attached hydrogen (secondary N) is 2. The second-order valence-corrected chi connectivity index (χ2v) is 8.91. The predicted octanol–water partition coefficient (Wildman–Crippen LogP) is 4.88. The van der Waals surface area contributed by atoms with Crippen LogP contribution in [-0.2, 0) is 14.8 Å². The van der Waals surface area contributed by atoms with Gasteiger partial charge in [-0.25, -0.2) is 13.2 Å². The summed E-state index contributed by atoms with van der Waals surface area (Å²) in [4.78, 5) is 24.6. The van der Waals surface area contributed by atoms with Gasteiger partial charge >= 0.3 is 5.97 Å². The number of amides is 1. The SMILES string of the molecule is CCOC(=O)c1ccc(NC(=O)c2ccc(NS(=O)(=O)c3ccccc3)c(Cl)c2)c(C)c1. The first-order chi connectivity index (χ1) is 15.2. The number of ether oxygens (including phenoxy) is 1. The van der Waals surface area contributed by atoms with Crippen LogP contribution >= 0.6 is 11.6 Å². The van der Waals surface area contributed by atoms with Crippen molar-refractivity contribution < 1.29 is 22.7 Å². The molecule has 0 spiro atoms. The molecule has 0 saturated heterocycles. The highest BCUT2D eigenvalue weighted by atomic mass is 35.5. The average Bonchev–Trinajstić information content (AvgIpc) is 2.77. The van der Waals surface area contributed by atoms with Crippen molar-refractivity contribution >= 4 is 44.9 Å². The molecule has 7 nitrogen and oxygen atoms in total. The zero-order valence-electron chi connectivity index (χ0n) is 17.4. The number of hydrogen-bond acceptors (Lipinski definition) is 5. The van der Waals surface area contributed by atoms with Crippen molar-refractivity contribution in [2.45, 2.75) is 18.7 Å². The van der Waals surface area contributed by atoms with Crippen LogP contribution in [0.25, 0.3) is 0 Å². The van der Waals surface area contributed by atoms with Gasteiger partial charge in [-0.3, -0.25) is 9.52 Å². The van der Waals surface area contributed by atoms with E-state index in [1.807, 2.05) is 0 Å². The maximum atomic E-state index is 12.7. The number of halogens is 1. The van der Waals surface area contributed by atoms with Crippen molar-refractivity contribution in [1.29, 1.82) is 0 Å². The summed E-state index contributed by atoms with van der Waals surface area (Å²) in [6.07, 6.45) is 0. The van der Waals surface area contributed by atoms with Crippen molar-refractivity contribution in [3.05, 3.63) is 88.4 Å². The molecule has 0 aliphatic carbocycles. The summed E-state index contributed by atoms with van der Waals surface area (Å²) in [6.45, 7) is 3.75. The third kappa shape index (κ3) is 5.46. The van der Waals surface area contributed by atoms with Gasteiger partial charge in [0.2, 0.25) is 0 Å². The summed E-state index contributed by atoms with van der Waals surface area (Å²) < 4.78 is 32.4. The first-order valence-electron chi connectivity index (χ1n) is 9.68. The van der Waals surface area contributed by atoms with E-state index in [1.54, 1.807) is 50.2 Å². The summed E-state index contributed by atoms with van der Waals surface area (Å²) in [5.41, 5.74) is 1.99. The van der Waals surface area contributed by atoms with Gasteiger partial charge in [-0.05, 0) is 67.9 Å². The smallest absolute Gasteiger partial charge is 0.338 e. The van der Waals surface area contributed by atoms with E-state index in [0.29, 0.717) is 16.8 Å². The van der Waals surface area contributed by atoms with Crippen LogP contribution in [0, 0.1) is 6.92 Å². The molecule has 0 aromatic heterocycles. The Balaban J connectivity index is 1.75. The van der Waals surface area contributed by atoms with Gasteiger partial charge in [0.25, 0.3) is 15.9 Å². The maximum absolute atomic E-state index is 12.7. The molecule has 2 N–H and O–H groups in total. The number of hydrogen-bond donors (Lipinski definition) is 2. The van der Waals surface area contributed by atoms with Crippen molar-refractivity contribution in [1.82, 2.24) is 0 Å². The van der Waals surface area contributed by atoms with E-state index in [9.17, 15) is 18.0 Å². The summed E-state index contributed by atoms with van der Waals surface area (Å²) in [5, 5.41) is 2.83. The third-order valence-electron chi connectivity index (χ3n) is 4.51. The highest BCUT2D eigenvalue weighted by Crippen LogP contribution is 2.27. The Kier molecular flexibility index (Phi) is 7.17. The first kappa shape index (κ1) is 23.3. The number of carbonyl (C=O) groups excluding carboxylic acids is 2. The lowest BCUT2D eigenvalue weighted by atomic mass is 10.1. The van der Waals surface area contributed by atoms with Crippen molar-refractivity contribution in [2.75, 3.05) is 16.6 Å². The van der Waals surface area contributed by atoms with Crippen LogP contribution in [0.15, 0.2) is 71.6 Å². The van der Waals surface area contributed by atoms with Crippen molar-refractivity contribution in [3.63, 3.8) is 0 Å². The zero-order valence-corrected chi connectivity index (χ0v) is 19.0. The Morgan fingerprint density at radius 3 is 2.22 bits per heavy atom. The third-order valence-corrected chi connectivity index (χ3v) is 6.21. The minimum absolute atomic E-state index is 0.0755. The Morgan fingerprint density at radius 1 is 0.938 bits per heavy atom. The monoisotopic (exact) mass is 472 g/mol. The molecule has 0 bridgehead atoms. The molecule has 0 atom stereocenters. The summed E-state index contributed by atoms with van der Waals surface area (Å²) in [7, 11) is -3.81. The van der Waals surface area contributed by atoms with E-state index in [0.717, 1.165) is 0 Å². The fourth-order valence-corrected chi connectivity index (χ4v) is 4.27. The Morgan fingerprint density at radius 2 is 1.59 bits per heavy atom. The lowest BCUT2D eigenvalue weighted by Gasteiger charge is -2.12. The van der Waals surface area contributed by atoms with Gasteiger partial charge in [-0.2, -0.15) is 0 Å². The van der Waals surface area contributed by atoms with Crippen LogP contribution in [0.5, 0.6) is 0 Å². The Hall–Kier alpha value is -3.36.